The van der Waals surface area contributed by atoms with Crippen molar-refractivity contribution in [3.8, 4) is 17.2 Å². The Bertz CT molecular complexity index is 1430. The molecule has 42 heavy (non-hydrogen) atoms. The number of likely N-dealkylation sites (tertiary alicyclic amines) is 1. The predicted molar refractivity (Wildman–Crippen MR) is 153 cm³/mol. The number of carbonyl (C=O) groups excluding carboxylic acids is 3. The number of nitrogens with zero attached hydrogens (tertiary/aromatic N) is 4. The number of aromatic nitrogens is 2. The number of nitrogens with one attached hydrogen (secondary N) is 1. The van der Waals surface area contributed by atoms with Crippen molar-refractivity contribution in [3.63, 3.8) is 0 Å². The van der Waals surface area contributed by atoms with Gasteiger partial charge in [-0.2, -0.15) is 10.2 Å². The van der Waals surface area contributed by atoms with E-state index in [4.69, 9.17) is 14.2 Å². The number of carbonyl (C=O) groups is 3. The zero-order valence-corrected chi connectivity index (χ0v) is 24.0. The summed E-state index contributed by atoms with van der Waals surface area (Å²) in [6, 6.07) is 13.8. The van der Waals surface area contributed by atoms with E-state index < -0.39 is 6.10 Å². The van der Waals surface area contributed by atoms with Gasteiger partial charge in [-0.25, -0.2) is 0 Å². The number of fused-ring (bicyclic) bond motifs is 5. The fraction of sp³-hybridized carbons (Fsp3) is 0.387. The van der Waals surface area contributed by atoms with Crippen molar-refractivity contribution in [2.24, 2.45) is 5.92 Å². The highest BCUT2D eigenvalue weighted by Gasteiger charge is 2.34. The summed E-state index contributed by atoms with van der Waals surface area (Å²) in [6.45, 7) is 5.36. The molecule has 3 amide bonds. The van der Waals surface area contributed by atoms with E-state index in [1.807, 2.05) is 38.1 Å². The van der Waals surface area contributed by atoms with Crippen molar-refractivity contribution in [2.75, 3.05) is 33.3 Å². The number of benzene rings is 2. The van der Waals surface area contributed by atoms with Gasteiger partial charge in [0.2, 0.25) is 5.91 Å². The molecule has 2 aliphatic heterocycles. The van der Waals surface area contributed by atoms with Crippen LogP contribution in [0.4, 0.5) is 0 Å². The fourth-order valence-electron chi connectivity index (χ4n) is 4.93. The fourth-order valence-corrected chi connectivity index (χ4v) is 4.93. The van der Waals surface area contributed by atoms with Crippen LogP contribution >= 0.6 is 0 Å². The van der Waals surface area contributed by atoms with Crippen LogP contribution in [0.2, 0.25) is 0 Å². The predicted octanol–water partition coefficient (Wildman–Crippen LogP) is 3.31. The first kappa shape index (κ1) is 29.0. The third-order valence-electron chi connectivity index (χ3n) is 7.06. The number of piperidine rings is 1. The SMILES string of the molecule is CC(C)COc1cc2cc(c1)C(=O)N(C)CC(=O)N[C@H]1CCN(C(=O)c3ccnnc3)C[C@@H]1OCc1cccc(c1)O2. The Morgan fingerprint density at radius 3 is 2.76 bits per heavy atom. The molecular formula is C31H35N5O6. The Morgan fingerprint density at radius 2 is 1.98 bits per heavy atom. The highest BCUT2D eigenvalue weighted by molar-refractivity contribution is 5.97. The van der Waals surface area contributed by atoms with Crippen LogP contribution in [-0.2, 0) is 16.1 Å². The Balaban J connectivity index is 1.42. The first-order valence-corrected chi connectivity index (χ1v) is 14.0. The van der Waals surface area contributed by atoms with Gasteiger partial charge in [0.25, 0.3) is 11.8 Å². The maximum absolute atomic E-state index is 13.4. The van der Waals surface area contributed by atoms with Crippen LogP contribution in [0.5, 0.6) is 17.2 Å². The summed E-state index contributed by atoms with van der Waals surface area (Å²) >= 11 is 0. The number of amides is 3. The Morgan fingerprint density at radius 1 is 1.12 bits per heavy atom. The lowest BCUT2D eigenvalue weighted by Crippen LogP contribution is -2.57. The summed E-state index contributed by atoms with van der Waals surface area (Å²) in [7, 11) is 1.58. The number of hydrogen-bond donors (Lipinski definition) is 1. The second-order valence-corrected chi connectivity index (χ2v) is 11.0. The highest BCUT2D eigenvalue weighted by atomic mass is 16.5. The quantitative estimate of drug-likeness (QED) is 0.505. The zero-order chi connectivity index (χ0) is 29.6. The lowest BCUT2D eigenvalue weighted by molar-refractivity contribution is -0.124. The minimum atomic E-state index is -0.478. The van der Waals surface area contributed by atoms with E-state index in [9.17, 15) is 14.4 Å². The maximum atomic E-state index is 13.4. The molecule has 2 atom stereocenters. The minimum Gasteiger partial charge on any atom is -0.493 e. The van der Waals surface area contributed by atoms with Gasteiger partial charge in [0.05, 0.1) is 49.9 Å². The molecule has 5 rings (SSSR count). The topological polar surface area (TPSA) is 123 Å². The zero-order valence-electron chi connectivity index (χ0n) is 24.0. The van der Waals surface area contributed by atoms with Gasteiger partial charge in [-0.1, -0.05) is 26.0 Å². The molecule has 2 aliphatic rings. The standard InChI is InChI=1S/C31H35N5O6/c1-20(2)18-40-25-12-23-13-26(14-25)42-24-6-4-5-21(11-24)19-41-28-16-36(31(39)22-7-9-32-33-15-22)10-8-27(28)34-29(37)17-35(3)30(23)38/h4-7,9,11-15,20,27-28H,8,10,16-19H2,1-3H3,(H,34,37)/t27-,28-/m0/s1. The summed E-state index contributed by atoms with van der Waals surface area (Å²) in [5.74, 6) is 0.981. The molecular weight excluding hydrogens is 538 g/mol. The van der Waals surface area contributed by atoms with Gasteiger partial charge in [-0.05, 0) is 48.2 Å². The van der Waals surface area contributed by atoms with Crippen LogP contribution < -0.4 is 14.8 Å². The summed E-state index contributed by atoms with van der Waals surface area (Å²) in [4.78, 5) is 42.7. The average Bonchev–Trinajstić information content (AvgIpc) is 2.98. The summed E-state index contributed by atoms with van der Waals surface area (Å²) in [6.07, 6.45) is 2.92. The lowest BCUT2D eigenvalue weighted by Gasteiger charge is -2.39. The van der Waals surface area contributed by atoms with Crippen LogP contribution in [0.1, 0.15) is 46.5 Å². The molecule has 1 fully saturated rings. The van der Waals surface area contributed by atoms with Crippen molar-refractivity contribution >= 4 is 17.7 Å². The normalized spacial score (nSPS) is 19.5. The van der Waals surface area contributed by atoms with Gasteiger partial charge < -0.3 is 29.3 Å². The van der Waals surface area contributed by atoms with E-state index in [1.165, 1.54) is 17.3 Å². The molecule has 11 nitrogen and oxygen atoms in total. The van der Waals surface area contributed by atoms with Gasteiger partial charge >= 0.3 is 0 Å². The third-order valence-corrected chi connectivity index (χ3v) is 7.06. The van der Waals surface area contributed by atoms with Crippen molar-refractivity contribution in [2.45, 2.75) is 39.0 Å². The van der Waals surface area contributed by atoms with Gasteiger partial charge in [0.1, 0.15) is 17.2 Å². The summed E-state index contributed by atoms with van der Waals surface area (Å²) in [5, 5.41) is 10.6. The van der Waals surface area contributed by atoms with Crippen LogP contribution in [-0.4, -0.2) is 83.2 Å². The molecule has 1 aromatic heterocycles. The van der Waals surface area contributed by atoms with E-state index in [0.717, 1.165) is 5.56 Å². The molecule has 0 radical (unpaired) electrons. The second kappa shape index (κ2) is 13.0. The smallest absolute Gasteiger partial charge is 0.255 e. The van der Waals surface area contributed by atoms with Gasteiger partial charge in [0.15, 0.2) is 0 Å². The van der Waals surface area contributed by atoms with E-state index >= 15 is 0 Å². The highest BCUT2D eigenvalue weighted by Crippen LogP contribution is 2.29. The van der Waals surface area contributed by atoms with Crippen molar-refractivity contribution < 1.29 is 28.6 Å². The van der Waals surface area contributed by atoms with Crippen LogP contribution in [0, 0.1) is 5.92 Å². The average molecular weight is 574 g/mol. The van der Waals surface area contributed by atoms with Gasteiger partial charge in [-0.3, -0.25) is 14.4 Å². The summed E-state index contributed by atoms with van der Waals surface area (Å²) in [5.41, 5.74) is 1.64. The summed E-state index contributed by atoms with van der Waals surface area (Å²) < 4.78 is 18.4. The first-order valence-electron chi connectivity index (χ1n) is 14.0. The van der Waals surface area contributed by atoms with Crippen molar-refractivity contribution in [3.05, 3.63) is 77.6 Å². The van der Waals surface area contributed by atoms with Crippen LogP contribution in [0.15, 0.2) is 60.9 Å². The molecule has 4 bridgehead atoms. The van der Waals surface area contributed by atoms with Crippen LogP contribution in [0.25, 0.3) is 0 Å². The molecule has 220 valence electrons. The number of rotatable bonds is 4. The van der Waals surface area contributed by atoms with E-state index in [-0.39, 0.29) is 43.5 Å². The minimum absolute atomic E-state index is 0.153. The van der Waals surface area contributed by atoms with Crippen molar-refractivity contribution in [1.29, 1.82) is 0 Å². The molecule has 3 aromatic rings. The molecule has 0 aliphatic carbocycles. The van der Waals surface area contributed by atoms with Gasteiger partial charge in [-0.15, -0.1) is 0 Å². The maximum Gasteiger partial charge on any atom is 0.255 e. The third kappa shape index (κ3) is 7.22. The van der Waals surface area contributed by atoms with E-state index in [0.29, 0.717) is 53.9 Å². The molecule has 2 aromatic carbocycles. The first-order chi connectivity index (χ1) is 20.2. The Hall–Kier alpha value is -4.51. The molecule has 0 spiro atoms. The van der Waals surface area contributed by atoms with Gasteiger partial charge in [0, 0.05) is 31.8 Å². The molecule has 3 heterocycles. The number of hydrogen-bond acceptors (Lipinski definition) is 8. The molecule has 1 N–H and O–H groups in total. The molecule has 1 saturated heterocycles. The molecule has 11 heteroatoms. The second-order valence-electron chi connectivity index (χ2n) is 11.0. The molecule has 0 unspecified atom stereocenters. The Labute approximate surface area is 244 Å². The molecule has 0 saturated carbocycles. The van der Waals surface area contributed by atoms with Crippen LogP contribution in [0.3, 0.4) is 0 Å². The number of likely N-dealkylation sites (N-methyl/N-ethyl adjacent to an activating group) is 1. The Kier molecular flexibility index (Phi) is 8.97. The van der Waals surface area contributed by atoms with E-state index in [2.05, 4.69) is 15.5 Å². The monoisotopic (exact) mass is 573 g/mol. The van der Waals surface area contributed by atoms with E-state index in [1.54, 1.807) is 36.2 Å². The lowest BCUT2D eigenvalue weighted by atomic mass is 10.0. The number of ether oxygens (including phenoxy) is 3. The van der Waals surface area contributed by atoms with Crippen molar-refractivity contribution in [1.82, 2.24) is 25.3 Å². The largest absolute Gasteiger partial charge is 0.493 e.